The molecular formula is C17H14Cl2N8O2. The molecule has 0 amide bonds. The Morgan fingerprint density at radius 1 is 0.931 bits per heavy atom. The zero-order valence-electron chi connectivity index (χ0n) is 15.2. The fourth-order valence-corrected chi connectivity index (χ4v) is 2.27. The van der Waals surface area contributed by atoms with E-state index in [4.69, 9.17) is 32.7 Å². The molecule has 0 bridgehead atoms. The number of rotatable bonds is 6. The molecule has 3 aromatic rings. The molecule has 1 N–H and O–H groups in total. The lowest BCUT2D eigenvalue weighted by molar-refractivity contribution is 0.340. The van der Waals surface area contributed by atoms with Crippen molar-refractivity contribution < 1.29 is 9.47 Å². The maximum absolute atomic E-state index is 6.03. The molecule has 10 nitrogen and oxygen atoms in total. The van der Waals surface area contributed by atoms with Crippen LogP contribution in [-0.2, 0) is 0 Å². The van der Waals surface area contributed by atoms with Crippen molar-refractivity contribution >= 4 is 40.7 Å². The smallest absolute Gasteiger partial charge is 0.324 e. The first-order chi connectivity index (χ1) is 14.1. The molecule has 2 aromatic heterocycles. The standard InChI is InChI=1S/C17H14Cl2N8O2/c1-28-16-21-15(22-17(23-16)29-2)27-26-14(10-5-7-20-8-6-10)25-24-11-3-4-12(18)13(19)9-11/h3-9,24H,1-2H3/b25-14-,27-26?. The first-order valence-electron chi connectivity index (χ1n) is 8.04. The lowest BCUT2D eigenvalue weighted by atomic mass is 10.2. The average molecular weight is 433 g/mol. The first kappa shape index (κ1) is 20.4. The number of ether oxygens (including phenoxy) is 2. The number of pyridine rings is 1. The summed E-state index contributed by atoms with van der Waals surface area (Å²) < 4.78 is 9.99. The molecule has 0 aliphatic rings. The Morgan fingerprint density at radius 3 is 2.24 bits per heavy atom. The summed E-state index contributed by atoms with van der Waals surface area (Å²) in [5, 5.41) is 13.2. The number of halogens is 2. The van der Waals surface area contributed by atoms with E-state index in [-0.39, 0.29) is 23.8 Å². The van der Waals surface area contributed by atoms with Crippen molar-refractivity contribution in [2.75, 3.05) is 19.6 Å². The lowest BCUT2D eigenvalue weighted by Crippen LogP contribution is -2.02. The fraction of sp³-hybridized carbons (Fsp3) is 0.118. The van der Waals surface area contributed by atoms with Gasteiger partial charge < -0.3 is 9.47 Å². The second-order valence-corrected chi connectivity index (χ2v) is 6.04. The lowest BCUT2D eigenvalue weighted by Gasteiger charge is -2.05. The predicted molar refractivity (Wildman–Crippen MR) is 108 cm³/mol. The molecule has 1 aromatic carbocycles. The van der Waals surface area contributed by atoms with E-state index in [1.165, 1.54) is 14.2 Å². The van der Waals surface area contributed by atoms with Crippen LogP contribution in [0, 0.1) is 0 Å². The minimum atomic E-state index is -0.00927. The van der Waals surface area contributed by atoms with Crippen molar-refractivity contribution in [2.24, 2.45) is 15.3 Å². The minimum absolute atomic E-state index is 0.00927. The van der Waals surface area contributed by atoms with Crippen LogP contribution in [0.25, 0.3) is 0 Å². The van der Waals surface area contributed by atoms with Crippen LogP contribution in [0.5, 0.6) is 12.0 Å². The maximum Gasteiger partial charge on any atom is 0.324 e. The van der Waals surface area contributed by atoms with Crippen molar-refractivity contribution in [2.45, 2.75) is 0 Å². The highest BCUT2D eigenvalue weighted by atomic mass is 35.5. The van der Waals surface area contributed by atoms with Gasteiger partial charge in [-0.05, 0) is 30.3 Å². The third kappa shape index (κ3) is 5.56. The molecule has 0 saturated carbocycles. The Morgan fingerprint density at radius 2 is 1.62 bits per heavy atom. The molecule has 0 aliphatic carbocycles. The van der Waals surface area contributed by atoms with Gasteiger partial charge in [0.25, 0.3) is 5.95 Å². The van der Waals surface area contributed by atoms with Crippen LogP contribution in [0.4, 0.5) is 11.6 Å². The SMILES string of the molecule is COc1nc(N=N/C(=N\Nc2ccc(Cl)c(Cl)c2)c2ccncc2)nc(OC)n1. The Hall–Kier alpha value is -3.37. The number of hydrazone groups is 1. The van der Waals surface area contributed by atoms with Gasteiger partial charge in [0.1, 0.15) is 0 Å². The quantitative estimate of drug-likeness (QED) is 0.268. The Balaban J connectivity index is 1.92. The van der Waals surface area contributed by atoms with E-state index in [9.17, 15) is 0 Å². The van der Waals surface area contributed by atoms with E-state index < -0.39 is 0 Å². The zero-order chi connectivity index (χ0) is 20.6. The van der Waals surface area contributed by atoms with E-state index in [0.29, 0.717) is 21.3 Å². The second kappa shape index (κ2) is 9.71. The number of nitrogens with zero attached hydrogens (tertiary/aromatic N) is 7. The molecule has 0 unspecified atom stereocenters. The van der Waals surface area contributed by atoms with E-state index >= 15 is 0 Å². The normalized spacial score (nSPS) is 11.5. The predicted octanol–water partition coefficient (Wildman–Crippen LogP) is 4.15. The van der Waals surface area contributed by atoms with Crippen LogP contribution in [0.1, 0.15) is 5.56 Å². The number of methoxy groups -OCH3 is 2. The monoisotopic (exact) mass is 432 g/mol. The minimum Gasteiger partial charge on any atom is -0.467 e. The van der Waals surface area contributed by atoms with Gasteiger partial charge in [-0.2, -0.15) is 15.1 Å². The molecule has 0 fully saturated rings. The van der Waals surface area contributed by atoms with Gasteiger partial charge in [-0.25, -0.2) is 0 Å². The molecule has 0 saturated heterocycles. The summed E-state index contributed by atoms with van der Waals surface area (Å²) >= 11 is 12.0. The fourth-order valence-electron chi connectivity index (χ4n) is 1.98. The number of azo groups is 1. The van der Waals surface area contributed by atoms with E-state index in [1.54, 1.807) is 42.7 Å². The number of hydrogen-bond acceptors (Lipinski definition) is 9. The molecule has 0 aliphatic heterocycles. The number of benzene rings is 1. The Bertz CT molecular complexity index is 1020. The summed E-state index contributed by atoms with van der Waals surface area (Å²) in [6.07, 6.45) is 3.21. The highest BCUT2D eigenvalue weighted by Crippen LogP contribution is 2.25. The summed E-state index contributed by atoms with van der Waals surface area (Å²) in [6, 6.07) is 8.55. The highest BCUT2D eigenvalue weighted by Gasteiger charge is 2.08. The first-order valence-corrected chi connectivity index (χ1v) is 8.79. The molecule has 0 spiro atoms. The van der Waals surface area contributed by atoms with Crippen LogP contribution in [0.3, 0.4) is 0 Å². The van der Waals surface area contributed by atoms with Crippen molar-refractivity contribution in [3.63, 3.8) is 0 Å². The molecule has 0 radical (unpaired) electrons. The summed E-state index contributed by atoms with van der Waals surface area (Å²) in [5.74, 6) is 0.238. The number of nitrogens with one attached hydrogen (secondary N) is 1. The van der Waals surface area contributed by atoms with Gasteiger partial charge in [0.15, 0.2) is 0 Å². The second-order valence-electron chi connectivity index (χ2n) is 5.22. The molecular weight excluding hydrogens is 419 g/mol. The van der Waals surface area contributed by atoms with Crippen molar-refractivity contribution in [3.05, 3.63) is 58.3 Å². The van der Waals surface area contributed by atoms with Crippen LogP contribution in [0.2, 0.25) is 10.0 Å². The van der Waals surface area contributed by atoms with Crippen LogP contribution in [0.15, 0.2) is 58.1 Å². The maximum atomic E-state index is 6.03. The van der Waals surface area contributed by atoms with Gasteiger partial charge >= 0.3 is 12.0 Å². The molecule has 0 atom stereocenters. The summed E-state index contributed by atoms with van der Waals surface area (Å²) in [5.41, 5.74) is 4.13. The summed E-state index contributed by atoms with van der Waals surface area (Å²) in [4.78, 5) is 15.9. The number of hydrogen-bond donors (Lipinski definition) is 1. The van der Waals surface area contributed by atoms with Crippen molar-refractivity contribution in [3.8, 4) is 12.0 Å². The Kier molecular flexibility index (Phi) is 6.82. The molecule has 148 valence electrons. The molecule has 12 heteroatoms. The number of anilines is 1. The van der Waals surface area contributed by atoms with Gasteiger partial charge in [-0.15, -0.1) is 15.2 Å². The van der Waals surface area contributed by atoms with Gasteiger partial charge in [0.2, 0.25) is 5.84 Å². The largest absolute Gasteiger partial charge is 0.467 e. The molecule has 2 heterocycles. The number of aromatic nitrogens is 4. The van der Waals surface area contributed by atoms with E-state index in [0.717, 1.165) is 0 Å². The average Bonchev–Trinajstić information content (AvgIpc) is 2.76. The summed E-state index contributed by atoms with van der Waals surface area (Å²) in [7, 11) is 2.83. The highest BCUT2D eigenvalue weighted by molar-refractivity contribution is 6.42. The summed E-state index contributed by atoms with van der Waals surface area (Å²) in [6.45, 7) is 0. The van der Waals surface area contributed by atoms with Crippen LogP contribution < -0.4 is 14.9 Å². The molecule has 3 rings (SSSR count). The van der Waals surface area contributed by atoms with E-state index in [2.05, 4.69) is 40.7 Å². The zero-order valence-corrected chi connectivity index (χ0v) is 16.8. The third-order valence-electron chi connectivity index (χ3n) is 3.33. The molecule has 29 heavy (non-hydrogen) atoms. The van der Waals surface area contributed by atoms with Crippen molar-refractivity contribution in [1.82, 2.24) is 19.9 Å². The van der Waals surface area contributed by atoms with Gasteiger partial charge in [0, 0.05) is 18.0 Å². The van der Waals surface area contributed by atoms with Crippen molar-refractivity contribution in [1.29, 1.82) is 0 Å². The van der Waals surface area contributed by atoms with Gasteiger partial charge in [-0.1, -0.05) is 23.2 Å². The van der Waals surface area contributed by atoms with Gasteiger partial charge in [-0.3, -0.25) is 10.4 Å². The van der Waals surface area contributed by atoms with Gasteiger partial charge in [0.05, 0.1) is 30.0 Å². The number of amidine groups is 1. The van der Waals surface area contributed by atoms with E-state index in [1.807, 2.05) is 0 Å². The Labute approximate surface area is 175 Å². The third-order valence-corrected chi connectivity index (χ3v) is 4.07. The topological polar surface area (TPSA) is 119 Å². The van der Waals surface area contributed by atoms with Crippen LogP contribution in [-0.4, -0.2) is 40.0 Å². The van der Waals surface area contributed by atoms with Crippen LogP contribution >= 0.6 is 23.2 Å².